The molecule has 0 amide bonds. The van der Waals surface area contributed by atoms with Gasteiger partial charge in [-0.05, 0) is 78.3 Å². The fourth-order valence-electron chi connectivity index (χ4n) is 4.43. The molecule has 124 valence electrons. The number of nitrogens with zero attached hydrogens (tertiary/aromatic N) is 1. The number of likely N-dealkylation sites (N-methyl/N-ethyl adjacent to an activating group) is 1. The van der Waals surface area contributed by atoms with Crippen LogP contribution in [0.1, 0.15) is 42.5 Å². The van der Waals surface area contributed by atoms with Gasteiger partial charge < -0.3 is 5.11 Å². The van der Waals surface area contributed by atoms with Crippen molar-refractivity contribution in [2.24, 2.45) is 0 Å². The van der Waals surface area contributed by atoms with Crippen molar-refractivity contribution in [3.63, 3.8) is 0 Å². The van der Waals surface area contributed by atoms with Crippen LogP contribution in [0.4, 0.5) is 0 Å². The van der Waals surface area contributed by atoms with Gasteiger partial charge in [0.1, 0.15) is 5.75 Å². The van der Waals surface area contributed by atoms with E-state index in [4.69, 9.17) is 0 Å². The molecule has 2 aliphatic rings. The topological polar surface area (TPSA) is 23.5 Å². The summed E-state index contributed by atoms with van der Waals surface area (Å²) in [5.41, 5.74) is 8.38. The van der Waals surface area contributed by atoms with Crippen molar-refractivity contribution >= 4 is 5.57 Å². The van der Waals surface area contributed by atoms with E-state index in [-0.39, 0.29) is 0 Å². The number of phenolic OH excluding ortho intramolecular Hbond substituents is 1. The Morgan fingerprint density at radius 3 is 2.54 bits per heavy atom. The number of aryl methyl sites for hydroxylation is 2. The van der Waals surface area contributed by atoms with Gasteiger partial charge in [-0.1, -0.05) is 37.3 Å². The van der Waals surface area contributed by atoms with Crippen LogP contribution in [0, 0.1) is 0 Å². The van der Waals surface area contributed by atoms with Gasteiger partial charge >= 0.3 is 0 Å². The predicted molar refractivity (Wildman–Crippen MR) is 99.3 cm³/mol. The summed E-state index contributed by atoms with van der Waals surface area (Å²) in [6, 6.07) is 15.2. The normalized spacial score (nSPS) is 23.7. The van der Waals surface area contributed by atoms with Crippen LogP contribution in [0.25, 0.3) is 5.57 Å². The first-order chi connectivity index (χ1) is 11.7. The van der Waals surface area contributed by atoms with Crippen molar-refractivity contribution in [3.8, 4) is 5.75 Å². The second-order valence-corrected chi connectivity index (χ2v) is 6.95. The molecule has 0 saturated carbocycles. The van der Waals surface area contributed by atoms with E-state index in [1.165, 1.54) is 27.8 Å². The molecule has 0 spiro atoms. The van der Waals surface area contributed by atoms with Crippen molar-refractivity contribution in [3.05, 3.63) is 70.3 Å². The molecule has 1 saturated heterocycles. The third-order valence-corrected chi connectivity index (χ3v) is 5.76. The summed E-state index contributed by atoms with van der Waals surface area (Å²) in [4.78, 5) is 2.55. The third kappa shape index (κ3) is 2.46. The molecular formula is C22H25NO. The summed E-state index contributed by atoms with van der Waals surface area (Å²) >= 11 is 0. The van der Waals surface area contributed by atoms with Crippen molar-refractivity contribution in [2.75, 3.05) is 13.1 Å². The lowest BCUT2D eigenvalue weighted by Gasteiger charge is -2.22. The highest BCUT2D eigenvalue weighted by Gasteiger charge is 2.30. The molecule has 2 heteroatoms. The van der Waals surface area contributed by atoms with Crippen LogP contribution in [-0.2, 0) is 12.8 Å². The number of phenols is 1. The van der Waals surface area contributed by atoms with Crippen molar-refractivity contribution in [1.82, 2.24) is 4.90 Å². The molecule has 4 rings (SSSR count). The molecule has 2 aromatic carbocycles. The molecule has 0 aromatic heterocycles. The van der Waals surface area contributed by atoms with E-state index < -0.39 is 0 Å². The summed E-state index contributed by atoms with van der Waals surface area (Å²) in [5, 5.41) is 9.96. The molecular weight excluding hydrogens is 294 g/mol. The SMILES string of the molecule is CCN1CCC(=C2c3ccccc3CCc3cc(O)ccc32)C1C. The molecule has 1 unspecified atom stereocenters. The first kappa shape index (κ1) is 15.5. The van der Waals surface area contributed by atoms with Gasteiger partial charge in [-0.25, -0.2) is 0 Å². The number of aromatic hydroxyl groups is 1. The van der Waals surface area contributed by atoms with E-state index in [2.05, 4.69) is 49.1 Å². The Hall–Kier alpha value is -2.06. The van der Waals surface area contributed by atoms with Crippen molar-refractivity contribution in [2.45, 2.75) is 39.2 Å². The van der Waals surface area contributed by atoms with E-state index in [1.54, 1.807) is 5.57 Å². The first-order valence-corrected chi connectivity index (χ1v) is 9.06. The zero-order chi connectivity index (χ0) is 16.7. The highest BCUT2D eigenvalue weighted by molar-refractivity contribution is 5.87. The van der Waals surface area contributed by atoms with Crippen LogP contribution < -0.4 is 0 Å². The summed E-state index contributed by atoms with van der Waals surface area (Å²) in [7, 11) is 0. The maximum atomic E-state index is 9.96. The van der Waals surface area contributed by atoms with E-state index in [9.17, 15) is 5.11 Å². The van der Waals surface area contributed by atoms with Gasteiger partial charge in [0.25, 0.3) is 0 Å². The molecule has 2 aromatic rings. The molecule has 2 nitrogen and oxygen atoms in total. The van der Waals surface area contributed by atoms with Gasteiger partial charge in [-0.3, -0.25) is 4.90 Å². The monoisotopic (exact) mass is 319 g/mol. The largest absolute Gasteiger partial charge is 0.508 e. The predicted octanol–water partition coefficient (Wildman–Crippen LogP) is 4.41. The molecule has 1 N–H and O–H groups in total. The molecule has 24 heavy (non-hydrogen) atoms. The molecule has 0 radical (unpaired) electrons. The maximum Gasteiger partial charge on any atom is 0.115 e. The van der Waals surface area contributed by atoms with Crippen LogP contribution in [-0.4, -0.2) is 29.1 Å². The van der Waals surface area contributed by atoms with Gasteiger partial charge in [0.2, 0.25) is 0 Å². The van der Waals surface area contributed by atoms with E-state index in [0.29, 0.717) is 11.8 Å². The minimum atomic E-state index is 0.374. The highest BCUT2D eigenvalue weighted by Crippen LogP contribution is 2.41. The standard InChI is InChI=1S/C22H25NO/c1-3-23-13-12-19(15(23)2)22-20-7-5-4-6-16(20)8-9-17-14-18(24)10-11-21(17)22/h4-7,10-11,14-15,24H,3,8-9,12-13H2,1-2H3. The molecule has 1 aliphatic heterocycles. The Kier molecular flexibility index (Phi) is 3.93. The molecule has 1 fully saturated rings. The number of benzene rings is 2. The molecule has 0 bridgehead atoms. The minimum Gasteiger partial charge on any atom is -0.508 e. The van der Waals surface area contributed by atoms with Crippen LogP contribution in [0.3, 0.4) is 0 Å². The minimum absolute atomic E-state index is 0.374. The third-order valence-electron chi connectivity index (χ3n) is 5.76. The fraction of sp³-hybridized carbons (Fsp3) is 0.364. The fourth-order valence-corrected chi connectivity index (χ4v) is 4.43. The lowest BCUT2D eigenvalue weighted by atomic mass is 9.87. The number of likely N-dealkylation sites (tertiary alicyclic amines) is 1. The highest BCUT2D eigenvalue weighted by atomic mass is 16.3. The zero-order valence-electron chi connectivity index (χ0n) is 14.5. The van der Waals surface area contributed by atoms with Crippen LogP contribution in [0.15, 0.2) is 48.0 Å². The smallest absolute Gasteiger partial charge is 0.115 e. The van der Waals surface area contributed by atoms with Gasteiger partial charge in [0.15, 0.2) is 0 Å². The number of hydrogen-bond donors (Lipinski definition) is 1. The summed E-state index contributed by atoms with van der Waals surface area (Å²) < 4.78 is 0. The summed E-state index contributed by atoms with van der Waals surface area (Å²) in [5.74, 6) is 0.374. The lowest BCUT2D eigenvalue weighted by molar-refractivity contribution is 0.298. The van der Waals surface area contributed by atoms with Gasteiger partial charge in [0.05, 0.1) is 0 Å². The van der Waals surface area contributed by atoms with Gasteiger partial charge in [-0.15, -0.1) is 0 Å². The van der Waals surface area contributed by atoms with Crippen LogP contribution in [0.2, 0.25) is 0 Å². The maximum absolute atomic E-state index is 9.96. The van der Waals surface area contributed by atoms with Gasteiger partial charge in [0, 0.05) is 12.6 Å². The molecule has 1 atom stereocenters. The van der Waals surface area contributed by atoms with Crippen LogP contribution >= 0.6 is 0 Å². The van der Waals surface area contributed by atoms with Gasteiger partial charge in [-0.2, -0.15) is 0 Å². The number of fused-ring (bicyclic) bond motifs is 2. The van der Waals surface area contributed by atoms with Crippen LogP contribution in [0.5, 0.6) is 5.75 Å². The molecule has 1 aliphatic carbocycles. The quantitative estimate of drug-likeness (QED) is 0.842. The van der Waals surface area contributed by atoms with E-state index >= 15 is 0 Å². The van der Waals surface area contributed by atoms with Crippen molar-refractivity contribution in [1.29, 1.82) is 0 Å². The average Bonchev–Trinajstić information content (AvgIpc) is 2.88. The Morgan fingerprint density at radius 2 is 1.75 bits per heavy atom. The average molecular weight is 319 g/mol. The number of rotatable bonds is 1. The second-order valence-electron chi connectivity index (χ2n) is 6.95. The Bertz CT molecular complexity index is 805. The Morgan fingerprint density at radius 1 is 1.00 bits per heavy atom. The zero-order valence-corrected chi connectivity index (χ0v) is 14.5. The Labute approximate surface area is 144 Å². The molecule has 1 heterocycles. The Balaban J connectivity index is 1.98. The van der Waals surface area contributed by atoms with Crippen molar-refractivity contribution < 1.29 is 5.11 Å². The summed E-state index contributed by atoms with van der Waals surface area (Å²) in [6.45, 7) is 6.83. The second kappa shape index (κ2) is 6.10. The van der Waals surface area contributed by atoms with E-state index in [0.717, 1.165) is 32.4 Å². The first-order valence-electron chi connectivity index (χ1n) is 9.06. The van der Waals surface area contributed by atoms with E-state index in [1.807, 2.05) is 12.1 Å². The number of hydrogen-bond acceptors (Lipinski definition) is 2. The summed E-state index contributed by atoms with van der Waals surface area (Å²) in [6.07, 6.45) is 3.16. The lowest BCUT2D eigenvalue weighted by Crippen LogP contribution is -2.27.